The Labute approximate surface area is 140 Å². The number of ether oxygens (including phenoxy) is 1. The van der Waals surface area contributed by atoms with E-state index in [4.69, 9.17) is 16.3 Å². The number of morpholine rings is 1. The fraction of sp³-hybridized carbons (Fsp3) is 0.500. The van der Waals surface area contributed by atoms with Gasteiger partial charge in [-0.1, -0.05) is 17.7 Å². The van der Waals surface area contributed by atoms with Gasteiger partial charge in [0, 0.05) is 24.5 Å². The van der Waals surface area contributed by atoms with Gasteiger partial charge >= 0.3 is 0 Å². The SMILES string of the molecule is C=CCN(Cc1ccc(Cl)s1)C(=O)CC1CNCCO1.Cl. The molecule has 1 aromatic rings. The topological polar surface area (TPSA) is 41.6 Å². The van der Waals surface area contributed by atoms with Crippen LogP contribution in [0.2, 0.25) is 4.34 Å². The Hall–Kier alpha value is -0.590. The normalized spacial score (nSPS) is 17.9. The van der Waals surface area contributed by atoms with Gasteiger partial charge in [-0.25, -0.2) is 0 Å². The molecule has 7 heteroatoms. The number of nitrogens with zero attached hydrogens (tertiary/aromatic N) is 1. The van der Waals surface area contributed by atoms with Crippen molar-refractivity contribution in [2.75, 3.05) is 26.2 Å². The molecule has 1 N–H and O–H groups in total. The molecule has 1 aliphatic rings. The van der Waals surface area contributed by atoms with Gasteiger partial charge in [-0.3, -0.25) is 4.79 Å². The van der Waals surface area contributed by atoms with Crippen LogP contribution in [0.15, 0.2) is 24.8 Å². The maximum Gasteiger partial charge on any atom is 0.225 e. The van der Waals surface area contributed by atoms with Crippen LogP contribution in [0.25, 0.3) is 0 Å². The van der Waals surface area contributed by atoms with Crippen LogP contribution < -0.4 is 5.32 Å². The molecule has 4 nitrogen and oxygen atoms in total. The highest BCUT2D eigenvalue weighted by Crippen LogP contribution is 2.23. The molecule has 0 bridgehead atoms. The number of nitrogens with one attached hydrogen (secondary N) is 1. The molecule has 1 fully saturated rings. The monoisotopic (exact) mass is 350 g/mol. The number of hydrogen-bond donors (Lipinski definition) is 1. The largest absolute Gasteiger partial charge is 0.375 e. The molecule has 0 aromatic carbocycles. The van der Waals surface area contributed by atoms with E-state index in [9.17, 15) is 4.79 Å². The molecule has 0 saturated carbocycles. The predicted octanol–water partition coefficient (Wildman–Crippen LogP) is 2.72. The maximum absolute atomic E-state index is 12.4. The van der Waals surface area contributed by atoms with Gasteiger partial charge in [0.1, 0.15) is 0 Å². The Morgan fingerprint density at radius 3 is 3.00 bits per heavy atom. The summed E-state index contributed by atoms with van der Waals surface area (Å²) in [6.45, 7) is 7.08. The van der Waals surface area contributed by atoms with Crippen molar-refractivity contribution in [3.8, 4) is 0 Å². The molecule has 1 aromatic heterocycles. The Morgan fingerprint density at radius 2 is 2.43 bits per heavy atom. The Kier molecular flexibility index (Phi) is 8.29. The van der Waals surface area contributed by atoms with Crippen molar-refractivity contribution in [1.82, 2.24) is 10.2 Å². The number of halogens is 2. The Morgan fingerprint density at radius 1 is 1.62 bits per heavy atom. The van der Waals surface area contributed by atoms with E-state index in [1.54, 1.807) is 11.0 Å². The summed E-state index contributed by atoms with van der Waals surface area (Å²) in [5.41, 5.74) is 0. The lowest BCUT2D eigenvalue weighted by atomic mass is 10.2. The summed E-state index contributed by atoms with van der Waals surface area (Å²) in [4.78, 5) is 15.2. The highest BCUT2D eigenvalue weighted by atomic mass is 35.5. The van der Waals surface area contributed by atoms with Crippen LogP contribution in [0.1, 0.15) is 11.3 Å². The highest BCUT2D eigenvalue weighted by molar-refractivity contribution is 7.16. The molecular weight excluding hydrogens is 331 g/mol. The molecule has 0 aliphatic carbocycles. The summed E-state index contributed by atoms with van der Waals surface area (Å²) in [7, 11) is 0. The molecule has 1 unspecified atom stereocenters. The summed E-state index contributed by atoms with van der Waals surface area (Å²) < 4.78 is 6.32. The van der Waals surface area contributed by atoms with E-state index in [2.05, 4.69) is 11.9 Å². The molecule has 1 atom stereocenters. The van der Waals surface area contributed by atoms with Crippen molar-refractivity contribution in [3.05, 3.63) is 34.0 Å². The second-order valence-electron chi connectivity index (χ2n) is 4.67. The molecule has 2 heterocycles. The van der Waals surface area contributed by atoms with Crippen molar-refractivity contribution in [2.45, 2.75) is 19.1 Å². The van der Waals surface area contributed by atoms with Crippen LogP contribution in [0, 0.1) is 0 Å². The molecule has 1 saturated heterocycles. The van der Waals surface area contributed by atoms with Gasteiger partial charge in [-0.15, -0.1) is 30.3 Å². The van der Waals surface area contributed by atoms with Crippen LogP contribution in [0.4, 0.5) is 0 Å². The zero-order valence-electron chi connectivity index (χ0n) is 11.7. The van der Waals surface area contributed by atoms with Crippen LogP contribution in [0.5, 0.6) is 0 Å². The third-order valence-electron chi connectivity index (χ3n) is 3.08. The first kappa shape index (κ1) is 18.5. The van der Waals surface area contributed by atoms with E-state index in [1.807, 2.05) is 12.1 Å². The summed E-state index contributed by atoms with van der Waals surface area (Å²) in [5.74, 6) is 0.0862. The average molecular weight is 351 g/mol. The molecule has 2 rings (SSSR count). The lowest BCUT2D eigenvalue weighted by molar-refractivity contribution is -0.134. The number of rotatable bonds is 6. The number of thiophene rings is 1. The van der Waals surface area contributed by atoms with Gasteiger partial charge in [-0.05, 0) is 12.1 Å². The van der Waals surface area contributed by atoms with E-state index in [1.165, 1.54) is 11.3 Å². The quantitative estimate of drug-likeness (QED) is 0.802. The van der Waals surface area contributed by atoms with Crippen molar-refractivity contribution in [1.29, 1.82) is 0 Å². The second-order valence-corrected chi connectivity index (χ2v) is 6.47. The minimum atomic E-state index is -0.0320. The molecule has 0 spiro atoms. The molecule has 1 aliphatic heterocycles. The third-order valence-corrected chi connectivity index (χ3v) is 4.30. The minimum absolute atomic E-state index is 0. The van der Waals surface area contributed by atoms with Gasteiger partial charge in [0.15, 0.2) is 0 Å². The van der Waals surface area contributed by atoms with E-state index in [0.29, 0.717) is 26.1 Å². The van der Waals surface area contributed by atoms with Crippen LogP contribution in [0.3, 0.4) is 0 Å². The fourth-order valence-electron chi connectivity index (χ4n) is 2.11. The number of hydrogen-bond acceptors (Lipinski definition) is 4. The fourth-order valence-corrected chi connectivity index (χ4v) is 3.21. The lowest BCUT2D eigenvalue weighted by Crippen LogP contribution is -2.42. The van der Waals surface area contributed by atoms with Crippen molar-refractivity contribution in [3.63, 3.8) is 0 Å². The molecule has 1 amide bonds. The number of amides is 1. The molecular formula is C14H20Cl2N2O2S. The number of carbonyl (C=O) groups is 1. The summed E-state index contributed by atoms with van der Waals surface area (Å²) in [6.07, 6.45) is 2.11. The third kappa shape index (κ3) is 5.96. The molecule has 118 valence electrons. The maximum atomic E-state index is 12.4. The second kappa shape index (κ2) is 9.43. The summed E-state index contributed by atoms with van der Waals surface area (Å²) >= 11 is 7.42. The Balaban J connectivity index is 0.00000220. The van der Waals surface area contributed by atoms with Crippen LogP contribution in [-0.4, -0.2) is 43.2 Å². The average Bonchev–Trinajstić information content (AvgIpc) is 2.85. The van der Waals surface area contributed by atoms with E-state index >= 15 is 0 Å². The van der Waals surface area contributed by atoms with Gasteiger partial charge in [0.25, 0.3) is 0 Å². The van der Waals surface area contributed by atoms with Gasteiger partial charge in [-0.2, -0.15) is 0 Å². The molecule has 21 heavy (non-hydrogen) atoms. The highest BCUT2D eigenvalue weighted by Gasteiger charge is 2.21. The molecule has 0 radical (unpaired) electrons. The van der Waals surface area contributed by atoms with Gasteiger partial charge in [0.2, 0.25) is 5.91 Å². The zero-order chi connectivity index (χ0) is 14.4. The van der Waals surface area contributed by atoms with Crippen molar-refractivity contribution in [2.24, 2.45) is 0 Å². The van der Waals surface area contributed by atoms with E-state index in [-0.39, 0.29) is 24.4 Å². The van der Waals surface area contributed by atoms with Crippen LogP contribution >= 0.6 is 35.3 Å². The smallest absolute Gasteiger partial charge is 0.225 e. The van der Waals surface area contributed by atoms with Crippen LogP contribution in [-0.2, 0) is 16.1 Å². The minimum Gasteiger partial charge on any atom is -0.375 e. The van der Waals surface area contributed by atoms with E-state index in [0.717, 1.165) is 22.3 Å². The van der Waals surface area contributed by atoms with Gasteiger partial charge in [0.05, 0.1) is 30.0 Å². The lowest BCUT2D eigenvalue weighted by Gasteiger charge is -2.26. The summed E-state index contributed by atoms with van der Waals surface area (Å²) in [6, 6.07) is 3.81. The standard InChI is InChI=1S/C14H19ClN2O2S.ClH/c1-2-6-17(10-12-3-4-13(15)20-12)14(18)8-11-9-16-5-7-19-11;/h2-4,11,16H,1,5-10H2;1H. The Bertz CT molecular complexity index is 462. The zero-order valence-corrected chi connectivity index (χ0v) is 14.1. The van der Waals surface area contributed by atoms with Crippen molar-refractivity contribution < 1.29 is 9.53 Å². The first-order valence-corrected chi connectivity index (χ1v) is 7.83. The van der Waals surface area contributed by atoms with E-state index < -0.39 is 0 Å². The first-order valence-electron chi connectivity index (χ1n) is 6.64. The number of carbonyl (C=O) groups excluding carboxylic acids is 1. The van der Waals surface area contributed by atoms with Crippen molar-refractivity contribution >= 4 is 41.3 Å². The van der Waals surface area contributed by atoms with Gasteiger partial charge < -0.3 is 15.0 Å². The summed E-state index contributed by atoms with van der Waals surface area (Å²) in [5, 5.41) is 3.23. The predicted molar refractivity (Wildman–Crippen MR) is 89.4 cm³/mol. The first-order chi connectivity index (χ1) is 9.69.